The zero-order valence-electron chi connectivity index (χ0n) is 11.8. The summed E-state index contributed by atoms with van der Waals surface area (Å²) in [5, 5.41) is 2.51. The molecule has 2 aromatic carbocycles. The van der Waals surface area contributed by atoms with Gasteiger partial charge in [-0.3, -0.25) is 0 Å². The van der Waals surface area contributed by atoms with Gasteiger partial charge in [-0.25, -0.2) is 4.79 Å². The van der Waals surface area contributed by atoms with Crippen LogP contribution in [0.3, 0.4) is 0 Å². The number of nitrogen functional groups attached to an aromatic ring is 1. The van der Waals surface area contributed by atoms with Crippen LogP contribution in [0.4, 0.5) is 5.69 Å². The van der Waals surface area contributed by atoms with Crippen LogP contribution >= 0.6 is 11.6 Å². The number of halogens is 1. The number of carbonyl (C=O) groups is 1. The lowest BCUT2D eigenvalue weighted by Crippen LogP contribution is -2.87. The highest BCUT2D eigenvalue weighted by Gasteiger charge is 2.21. The first kappa shape index (κ1) is 15.4. The van der Waals surface area contributed by atoms with E-state index in [0.29, 0.717) is 10.7 Å². The molecule has 1 atom stereocenters. The van der Waals surface area contributed by atoms with Crippen molar-refractivity contribution in [3.63, 3.8) is 0 Å². The minimum atomic E-state index is -0.281. The third-order valence-corrected chi connectivity index (χ3v) is 3.53. The SMILES string of the molecule is COC(=O)C[NH2+][C@@H](c1ccccc1)c1cc(Cl)ccc1N. The summed E-state index contributed by atoms with van der Waals surface area (Å²) >= 11 is 6.08. The van der Waals surface area contributed by atoms with Gasteiger partial charge < -0.3 is 15.8 Å². The van der Waals surface area contributed by atoms with Crippen LogP contribution in [0.5, 0.6) is 0 Å². The molecule has 0 heterocycles. The van der Waals surface area contributed by atoms with E-state index in [2.05, 4.69) is 0 Å². The van der Waals surface area contributed by atoms with E-state index in [-0.39, 0.29) is 18.6 Å². The zero-order valence-corrected chi connectivity index (χ0v) is 12.5. The van der Waals surface area contributed by atoms with Crippen LogP contribution in [0.2, 0.25) is 5.02 Å². The number of quaternary nitrogens is 1. The molecule has 0 saturated heterocycles. The van der Waals surface area contributed by atoms with Crippen molar-refractivity contribution in [3.8, 4) is 0 Å². The molecule has 0 saturated carbocycles. The van der Waals surface area contributed by atoms with Crippen molar-refractivity contribution >= 4 is 23.3 Å². The van der Waals surface area contributed by atoms with Gasteiger partial charge in [-0.2, -0.15) is 0 Å². The van der Waals surface area contributed by atoms with Crippen molar-refractivity contribution in [1.29, 1.82) is 0 Å². The molecule has 0 bridgehead atoms. The van der Waals surface area contributed by atoms with E-state index < -0.39 is 0 Å². The predicted octanol–water partition coefficient (Wildman–Crippen LogP) is 1.75. The van der Waals surface area contributed by atoms with Crippen molar-refractivity contribution in [2.24, 2.45) is 0 Å². The Morgan fingerprint density at radius 2 is 2.00 bits per heavy atom. The Kier molecular flexibility index (Phi) is 5.20. The van der Waals surface area contributed by atoms with Gasteiger partial charge in [0.25, 0.3) is 0 Å². The second-order valence-electron chi connectivity index (χ2n) is 4.68. The molecule has 5 heteroatoms. The number of nitrogens with two attached hydrogens (primary N) is 2. The molecule has 4 nitrogen and oxygen atoms in total. The molecular weight excluding hydrogens is 288 g/mol. The van der Waals surface area contributed by atoms with Gasteiger partial charge in [0.05, 0.1) is 7.11 Å². The smallest absolute Gasteiger partial charge is 0.361 e. The number of esters is 1. The lowest BCUT2D eigenvalue weighted by Gasteiger charge is -2.18. The standard InChI is InChI=1S/C16H17ClN2O2/c1-21-15(20)10-19-16(11-5-3-2-4-6-11)13-9-12(17)7-8-14(13)18/h2-9,16,19H,10,18H2,1H3/p+1/t16-/m0/s1. The first-order valence-electron chi connectivity index (χ1n) is 6.62. The second-order valence-corrected chi connectivity index (χ2v) is 5.11. The summed E-state index contributed by atoms with van der Waals surface area (Å²) < 4.78 is 4.70. The molecule has 0 amide bonds. The van der Waals surface area contributed by atoms with Crippen LogP contribution < -0.4 is 11.1 Å². The van der Waals surface area contributed by atoms with Crippen molar-refractivity contribution < 1.29 is 14.8 Å². The molecule has 4 N–H and O–H groups in total. The summed E-state index contributed by atoms with van der Waals surface area (Å²) in [6.07, 6.45) is 0. The molecule has 21 heavy (non-hydrogen) atoms. The van der Waals surface area contributed by atoms with Gasteiger partial charge >= 0.3 is 5.97 Å². The Morgan fingerprint density at radius 1 is 1.29 bits per heavy atom. The van der Waals surface area contributed by atoms with Gasteiger partial charge in [0, 0.05) is 21.8 Å². The fraction of sp³-hybridized carbons (Fsp3) is 0.188. The van der Waals surface area contributed by atoms with Crippen LogP contribution in [-0.2, 0) is 9.53 Å². The Hall–Kier alpha value is -2.04. The average Bonchev–Trinajstić information content (AvgIpc) is 2.51. The highest BCUT2D eigenvalue weighted by Crippen LogP contribution is 2.26. The topological polar surface area (TPSA) is 68.9 Å². The molecule has 110 valence electrons. The van der Waals surface area contributed by atoms with Gasteiger partial charge in [0.15, 0.2) is 6.54 Å². The third kappa shape index (κ3) is 3.97. The van der Waals surface area contributed by atoms with E-state index in [0.717, 1.165) is 11.1 Å². The molecule has 0 aliphatic heterocycles. The number of rotatable bonds is 5. The monoisotopic (exact) mass is 305 g/mol. The van der Waals surface area contributed by atoms with Crippen molar-refractivity contribution in [3.05, 3.63) is 64.7 Å². The molecule has 0 spiro atoms. The molecule has 0 unspecified atom stereocenters. The zero-order chi connectivity index (χ0) is 15.2. The van der Waals surface area contributed by atoms with Crippen LogP contribution in [0.1, 0.15) is 17.2 Å². The maximum Gasteiger partial charge on any atom is 0.361 e. The van der Waals surface area contributed by atoms with Crippen molar-refractivity contribution in [2.45, 2.75) is 6.04 Å². The van der Waals surface area contributed by atoms with E-state index in [1.165, 1.54) is 7.11 Å². The molecule has 2 rings (SSSR count). The van der Waals surface area contributed by atoms with Crippen LogP contribution in [0.25, 0.3) is 0 Å². The van der Waals surface area contributed by atoms with Crippen LogP contribution in [0, 0.1) is 0 Å². The van der Waals surface area contributed by atoms with Gasteiger partial charge in [0.2, 0.25) is 0 Å². The number of hydrogen-bond acceptors (Lipinski definition) is 3. The minimum Gasteiger partial charge on any atom is -0.465 e. The van der Waals surface area contributed by atoms with E-state index in [1.807, 2.05) is 41.7 Å². The minimum absolute atomic E-state index is 0.107. The summed E-state index contributed by atoms with van der Waals surface area (Å²) in [7, 11) is 1.38. The van der Waals surface area contributed by atoms with E-state index in [1.54, 1.807) is 12.1 Å². The van der Waals surface area contributed by atoms with E-state index in [9.17, 15) is 4.79 Å². The van der Waals surface area contributed by atoms with Gasteiger partial charge in [-0.15, -0.1) is 0 Å². The molecule has 0 radical (unpaired) electrons. The van der Waals surface area contributed by atoms with Crippen LogP contribution in [0.15, 0.2) is 48.5 Å². The van der Waals surface area contributed by atoms with E-state index >= 15 is 0 Å². The largest absolute Gasteiger partial charge is 0.465 e. The molecule has 0 aliphatic carbocycles. The highest BCUT2D eigenvalue weighted by molar-refractivity contribution is 6.30. The summed E-state index contributed by atoms with van der Waals surface area (Å²) in [4.78, 5) is 11.4. The Morgan fingerprint density at radius 3 is 2.67 bits per heavy atom. The summed E-state index contributed by atoms with van der Waals surface area (Å²) in [6.45, 7) is 0.210. The number of ether oxygens (including phenoxy) is 1. The average molecular weight is 306 g/mol. The molecule has 0 aromatic heterocycles. The first-order valence-corrected chi connectivity index (χ1v) is 6.99. The Balaban J connectivity index is 2.35. The quantitative estimate of drug-likeness (QED) is 0.653. The summed E-state index contributed by atoms with van der Waals surface area (Å²) in [6, 6.07) is 15.1. The lowest BCUT2D eigenvalue weighted by atomic mass is 9.97. The number of anilines is 1. The highest BCUT2D eigenvalue weighted by atomic mass is 35.5. The molecule has 2 aromatic rings. The Bertz CT molecular complexity index is 617. The number of hydrogen-bond donors (Lipinski definition) is 2. The maximum absolute atomic E-state index is 11.4. The number of methoxy groups -OCH3 is 1. The lowest BCUT2D eigenvalue weighted by molar-refractivity contribution is -0.677. The van der Waals surface area contributed by atoms with Gasteiger partial charge in [-0.1, -0.05) is 41.9 Å². The first-order chi connectivity index (χ1) is 10.1. The van der Waals surface area contributed by atoms with E-state index in [4.69, 9.17) is 22.1 Å². The van der Waals surface area contributed by atoms with Gasteiger partial charge in [0.1, 0.15) is 6.04 Å². The predicted molar refractivity (Wildman–Crippen MR) is 83.0 cm³/mol. The van der Waals surface area contributed by atoms with Crippen molar-refractivity contribution in [2.75, 3.05) is 19.4 Å². The Labute approximate surface area is 128 Å². The second kappa shape index (κ2) is 7.11. The normalized spacial score (nSPS) is 11.9. The summed E-state index contributed by atoms with van der Waals surface area (Å²) in [5.41, 5.74) is 8.66. The number of carbonyl (C=O) groups excluding carboxylic acids is 1. The third-order valence-electron chi connectivity index (χ3n) is 3.29. The molecule has 0 aliphatic rings. The van der Waals surface area contributed by atoms with Gasteiger partial charge in [-0.05, 0) is 18.2 Å². The fourth-order valence-corrected chi connectivity index (χ4v) is 2.40. The van der Waals surface area contributed by atoms with Crippen LogP contribution in [-0.4, -0.2) is 19.6 Å². The maximum atomic E-state index is 11.4. The number of benzene rings is 2. The fourth-order valence-electron chi connectivity index (χ4n) is 2.22. The molecular formula is C16H18ClN2O2+. The molecule has 0 fully saturated rings. The summed E-state index contributed by atoms with van der Waals surface area (Å²) in [5.74, 6) is -0.281. The van der Waals surface area contributed by atoms with Crippen molar-refractivity contribution in [1.82, 2.24) is 0 Å².